The number of rotatable bonds is 11. The predicted molar refractivity (Wildman–Crippen MR) is 137 cm³/mol. The zero-order valence-corrected chi connectivity index (χ0v) is 21.7. The zero-order chi connectivity index (χ0) is 21.6. The molecule has 1 aromatic carbocycles. The van der Waals surface area contributed by atoms with Crippen molar-refractivity contribution in [2.75, 3.05) is 33.4 Å². The lowest BCUT2D eigenvalue weighted by molar-refractivity contribution is -0.143. The lowest BCUT2D eigenvalue weighted by atomic mass is 9.89. The minimum atomic E-state index is -0.0872. The monoisotopic (exact) mass is 545 g/mol. The van der Waals surface area contributed by atoms with E-state index >= 15 is 0 Å². The van der Waals surface area contributed by atoms with Gasteiger partial charge in [-0.05, 0) is 45.1 Å². The molecule has 1 fully saturated rings. The van der Waals surface area contributed by atoms with Gasteiger partial charge in [-0.15, -0.1) is 24.0 Å². The highest BCUT2D eigenvalue weighted by molar-refractivity contribution is 14.0. The summed E-state index contributed by atoms with van der Waals surface area (Å²) in [5, 5.41) is 6.88. The van der Waals surface area contributed by atoms with E-state index in [-0.39, 0.29) is 36.0 Å². The molecule has 7 heteroatoms. The molecule has 1 saturated heterocycles. The molecule has 1 aromatic rings. The Kier molecular flexibility index (Phi) is 14.6. The molecule has 0 aliphatic carbocycles. The molecule has 2 atom stereocenters. The SMILES string of the molecule is CCOC(=O)CCCCCCNC(=NC)NCC1CCCOC1c1ccc(C)cc1.I. The van der Waals surface area contributed by atoms with E-state index in [4.69, 9.17) is 9.47 Å². The normalized spacial score (nSPS) is 18.7. The molecule has 0 aromatic heterocycles. The number of halogens is 1. The number of guanidine groups is 1. The second-order valence-corrected chi connectivity index (χ2v) is 7.95. The minimum absolute atomic E-state index is 0. The van der Waals surface area contributed by atoms with E-state index in [1.54, 1.807) is 0 Å². The Morgan fingerprint density at radius 2 is 1.90 bits per heavy atom. The fraction of sp³-hybridized carbons (Fsp3) is 0.667. The molecule has 0 saturated carbocycles. The third-order valence-electron chi connectivity index (χ3n) is 5.51. The van der Waals surface area contributed by atoms with Crippen molar-refractivity contribution in [2.45, 2.75) is 64.9 Å². The van der Waals surface area contributed by atoms with Gasteiger partial charge in [-0.3, -0.25) is 9.79 Å². The topological polar surface area (TPSA) is 72.0 Å². The maximum Gasteiger partial charge on any atom is 0.305 e. The number of hydrogen-bond acceptors (Lipinski definition) is 4. The van der Waals surface area contributed by atoms with Crippen molar-refractivity contribution in [1.29, 1.82) is 0 Å². The van der Waals surface area contributed by atoms with Gasteiger partial charge >= 0.3 is 5.97 Å². The lowest BCUT2D eigenvalue weighted by Crippen LogP contribution is -2.42. The number of nitrogens with one attached hydrogen (secondary N) is 2. The Bertz CT molecular complexity index is 652. The molecule has 0 bridgehead atoms. The van der Waals surface area contributed by atoms with E-state index in [1.807, 2.05) is 14.0 Å². The Balaban J connectivity index is 0.00000480. The Morgan fingerprint density at radius 3 is 2.61 bits per heavy atom. The van der Waals surface area contributed by atoms with Crippen LogP contribution in [0, 0.1) is 12.8 Å². The molecule has 2 rings (SSSR count). The third-order valence-corrected chi connectivity index (χ3v) is 5.51. The Morgan fingerprint density at radius 1 is 1.16 bits per heavy atom. The molecule has 2 N–H and O–H groups in total. The molecule has 2 unspecified atom stereocenters. The van der Waals surface area contributed by atoms with E-state index in [1.165, 1.54) is 11.1 Å². The molecule has 0 spiro atoms. The average molecular weight is 546 g/mol. The molecule has 176 valence electrons. The van der Waals surface area contributed by atoms with Gasteiger partial charge in [-0.1, -0.05) is 42.7 Å². The number of hydrogen-bond donors (Lipinski definition) is 2. The van der Waals surface area contributed by atoms with Crippen LogP contribution in [0.15, 0.2) is 29.3 Å². The van der Waals surface area contributed by atoms with E-state index in [0.717, 1.165) is 64.2 Å². The Hall–Kier alpha value is -1.35. The highest BCUT2D eigenvalue weighted by Crippen LogP contribution is 2.33. The first-order valence-electron chi connectivity index (χ1n) is 11.4. The summed E-state index contributed by atoms with van der Waals surface area (Å²) in [6.45, 7) is 6.97. The van der Waals surface area contributed by atoms with E-state index in [0.29, 0.717) is 18.9 Å². The van der Waals surface area contributed by atoms with Crippen molar-refractivity contribution >= 4 is 35.9 Å². The van der Waals surface area contributed by atoms with Gasteiger partial charge in [0.05, 0.1) is 12.7 Å². The van der Waals surface area contributed by atoms with Crippen LogP contribution in [0.4, 0.5) is 0 Å². The summed E-state index contributed by atoms with van der Waals surface area (Å²) in [5.41, 5.74) is 2.53. The number of aryl methyl sites for hydroxylation is 1. The first kappa shape index (κ1) is 27.7. The minimum Gasteiger partial charge on any atom is -0.466 e. The van der Waals surface area contributed by atoms with Crippen LogP contribution in [0.25, 0.3) is 0 Å². The van der Waals surface area contributed by atoms with Gasteiger partial charge in [0.15, 0.2) is 5.96 Å². The van der Waals surface area contributed by atoms with Gasteiger partial charge in [-0.2, -0.15) is 0 Å². The van der Waals surface area contributed by atoms with Crippen molar-refractivity contribution < 1.29 is 14.3 Å². The van der Waals surface area contributed by atoms with Crippen LogP contribution in [0.5, 0.6) is 0 Å². The summed E-state index contributed by atoms with van der Waals surface area (Å²) in [6.07, 6.45) is 7.02. The molecular formula is C24H40IN3O3. The zero-order valence-electron chi connectivity index (χ0n) is 19.3. The average Bonchev–Trinajstić information content (AvgIpc) is 2.76. The fourth-order valence-electron chi connectivity index (χ4n) is 3.81. The standard InChI is InChI=1S/C24H39N3O3.HI/c1-4-29-22(28)11-7-5-6-8-16-26-24(25-3)27-18-21-10-9-17-30-23(21)20-14-12-19(2)13-15-20;/h12-15,21,23H,4-11,16-18H2,1-3H3,(H2,25,26,27);1H. The van der Waals surface area contributed by atoms with Crippen LogP contribution in [0.1, 0.15) is 69.1 Å². The summed E-state index contributed by atoms with van der Waals surface area (Å²) in [7, 11) is 1.81. The van der Waals surface area contributed by atoms with Crippen molar-refractivity contribution in [2.24, 2.45) is 10.9 Å². The first-order chi connectivity index (χ1) is 14.6. The van der Waals surface area contributed by atoms with Crippen LogP contribution in [0.3, 0.4) is 0 Å². The second-order valence-electron chi connectivity index (χ2n) is 7.95. The fourth-order valence-corrected chi connectivity index (χ4v) is 3.81. The van der Waals surface area contributed by atoms with Crippen LogP contribution >= 0.6 is 24.0 Å². The number of carbonyl (C=O) groups excluding carboxylic acids is 1. The van der Waals surface area contributed by atoms with Gasteiger partial charge in [0.2, 0.25) is 0 Å². The Labute approximate surface area is 205 Å². The molecule has 6 nitrogen and oxygen atoms in total. The third kappa shape index (κ3) is 10.7. The number of nitrogens with zero attached hydrogens (tertiary/aromatic N) is 1. The maximum absolute atomic E-state index is 11.3. The second kappa shape index (κ2) is 16.3. The summed E-state index contributed by atoms with van der Waals surface area (Å²) < 4.78 is 11.1. The van der Waals surface area contributed by atoms with Gasteiger partial charge < -0.3 is 20.1 Å². The molecule has 1 heterocycles. The summed E-state index contributed by atoms with van der Waals surface area (Å²) in [4.78, 5) is 15.7. The van der Waals surface area contributed by atoms with E-state index in [9.17, 15) is 4.79 Å². The number of aliphatic imine (C=N–C) groups is 1. The molecule has 0 amide bonds. The van der Waals surface area contributed by atoms with E-state index < -0.39 is 0 Å². The number of unbranched alkanes of at least 4 members (excludes halogenated alkanes) is 3. The van der Waals surface area contributed by atoms with Crippen molar-refractivity contribution in [3.8, 4) is 0 Å². The largest absolute Gasteiger partial charge is 0.466 e. The summed E-state index contributed by atoms with van der Waals surface area (Å²) >= 11 is 0. The smallest absolute Gasteiger partial charge is 0.305 e. The number of ether oxygens (including phenoxy) is 2. The van der Waals surface area contributed by atoms with Gasteiger partial charge in [-0.25, -0.2) is 0 Å². The van der Waals surface area contributed by atoms with Gasteiger partial charge in [0.25, 0.3) is 0 Å². The number of carbonyl (C=O) groups is 1. The van der Waals surface area contributed by atoms with Crippen LogP contribution in [-0.4, -0.2) is 45.3 Å². The first-order valence-corrected chi connectivity index (χ1v) is 11.4. The molecule has 31 heavy (non-hydrogen) atoms. The van der Waals surface area contributed by atoms with Crippen molar-refractivity contribution in [3.63, 3.8) is 0 Å². The molecule has 1 aliphatic rings. The number of esters is 1. The number of benzene rings is 1. The molecular weight excluding hydrogens is 505 g/mol. The van der Waals surface area contributed by atoms with Gasteiger partial charge in [0, 0.05) is 39.1 Å². The quantitative estimate of drug-likeness (QED) is 0.138. The van der Waals surface area contributed by atoms with Crippen molar-refractivity contribution in [3.05, 3.63) is 35.4 Å². The highest BCUT2D eigenvalue weighted by atomic mass is 127. The highest BCUT2D eigenvalue weighted by Gasteiger charge is 2.27. The van der Waals surface area contributed by atoms with Crippen LogP contribution in [0.2, 0.25) is 0 Å². The van der Waals surface area contributed by atoms with Crippen LogP contribution < -0.4 is 10.6 Å². The molecule has 1 aliphatic heterocycles. The van der Waals surface area contributed by atoms with Crippen LogP contribution in [-0.2, 0) is 14.3 Å². The van der Waals surface area contributed by atoms with Crippen molar-refractivity contribution in [1.82, 2.24) is 10.6 Å². The van der Waals surface area contributed by atoms with Gasteiger partial charge in [0.1, 0.15) is 0 Å². The molecule has 0 radical (unpaired) electrons. The summed E-state index contributed by atoms with van der Waals surface area (Å²) in [5.74, 6) is 1.19. The lowest BCUT2D eigenvalue weighted by Gasteiger charge is -2.32. The maximum atomic E-state index is 11.3. The predicted octanol–water partition coefficient (Wildman–Crippen LogP) is 4.76. The summed E-state index contributed by atoms with van der Waals surface area (Å²) in [6, 6.07) is 8.69. The van der Waals surface area contributed by atoms with E-state index in [2.05, 4.69) is 46.8 Å².